The van der Waals surface area contributed by atoms with Crippen LogP contribution in [0.5, 0.6) is 5.88 Å². The van der Waals surface area contributed by atoms with Crippen molar-refractivity contribution in [2.45, 2.75) is 20.0 Å². The van der Waals surface area contributed by atoms with Gasteiger partial charge in [-0.25, -0.2) is 9.37 Å². The molecule has 1 heterocycles. The molecule has 25 heavy (non-hydrogen) atoms. The molecule has 2 aromatic rings. The van der Waals surface area contributed by atoms with Crippen LogP contribution in [-0.2, 0) is 13.1 Å². The van der Waals surface area contributed by atoms with Crippen molar-refractivity contribution < 1.29 is 9.13 Å². The van der Waals surface area contributed by atoms with E-state index >= 15 is 0 Å². The van der Waals surface area contributed by atoms with Crippen LogP contribution in [0.1, 0.15) is 18.1 Å². The lowest BCUT2D eigenvalue weighted by atomic mass is 10.2. The zero-order valence-electron chi connectivity index (χ0n) is 14.7. The van der Waals surface area contributed by atoms with Gasteiger partial charge < -0.3 is 15.0 Å². The summed E-state index contributed by atoms with van der Waals surface area (Å²) < 4.78 is 18.7. The van der Waals surface area contributed by atoms with Crippen LogP contribution < -0.4 is 10.1 Å². The van der Waals surface area contributed by atoms with Crippen molar-refractivity contribution >= 4 is 29.9 Å². The van der Waals surface area contributed by atoms with Gasteiger partial charge in [-0.3, -0.25) is 4.99 Å². The molecule has 1 aromatic heterocycles. The maximum absolute atomic E-state index is 13.3. The molecular weight excluding hydrogens is 434 g/mol. The molecule has 5 nitrogen and oxygen atoms in total. The summed E-state index contributed by atoms with van der Waals surface area (Å²) >= 11 is 0. The molecule has 136 valence electrons. The van der Waals surface area contributed by atoms with Gasteiger partial charge in [-0.1, -0.05) is 12.1 Å². The Hall–Kier alpha value is -1.90. The van der Waals surface area contributed by atoms with E-state index < -0.39 is 0 Å². The zero-order valence-corrected chi connectivity index (χ0v) is 17.0. The Bertz CT molecular complexity index is 696. The SMILES string of the molecule is CCOc1cc(CNC(=NC)N(C)Cc2cccc(F)c2)ccn1.I. The zero-order chi connectivity index (χ0) is 17.4. The van der Waals surface area contributed by atoms with Crippen LogP contribution in [0.3, 0.4) is 0 Å². The molecule has 1 aromatic carbocycles. The number of aliphatic imine (C=N–C) groups is 1. The van der Waals surface area contributed by atoms with E-state index in [4.69, 9.17) is 4.74 Å². The highest BCUT2D eigenvalue weighted by Gasteiger charge is 2.07. The standard InChI is InChI=1S/C18H23FN4O.HI/c1-4-24-17-11-14(8-9-21-17)12-22-18(20-2)23(3)13-15-6-5-7-16(19)10-15;/h5-11H,4,12-13H2,1-3H3,(H,20,22);1H. The van der Waals surface area contributed by atoms with Crippen LogP contribution in [0, 0.1) is 5.82 Å². The van der Waals surface area contributed by atoms with E-state index in [1.54, 1.807) is 19.3 Å². The van der Waals surface area contributed by atoms with Crippen molar-refractivity contribution in [3.8, 4) is 5.88 Å². The van der Waals surface area contributed by atoms with Gasteiger partial charge >= 0.3 is 0 Å². The largest absolute Gasteiger partial charge is 0.478 e. The molecular formula is C18H24FIN4O. The first kappa shape index (κ1) is 21.1. The van der Waals surface area contributed by atoms with Gasteiger partial charge in [-0.15, -0.1) is 24.0 Å². The van der Waals surface area contributed by atoms with Crippen molar-refractivity contribution in [3.63, 3.8) is 0 Å². The number of pyridine rings is 1. The molecule has 0 unspecified atom stereocenters. The highest BCUT2D eigenvalue weighted by Crippen LogP contribution is 2.10. The number of aromatic nitrogens is 1. The molecule has 2 rings (SSSR count). The minimum absolute atomic E-state index is 0. The maximum atomic E-state index is 13.3. The van der Waals surface area contributed by atoms with Crippen LogP contribution in [0.15, 0.2) is 47.6 Å². The fraction of sp³-hybridized carbons (Fsp3) is 0.333. The van der Waals surface area contributed by atoms with Gasteiger partial charge in [0.25, 0.3) is 0 Å². The van der Waals surface area contributed by atoms with Gasteiger partial charge in [-0.2, -0.15) is 0 Å². The highest BCUT2D eigenvalue weighted by molar-refractivity contribution is 14.0. The number of nitrogens with one attached hydrogen (secondary N) is 1. The normalized spacial score (nSPS) is 10.8. The number of ether oxygens (including phenoxy) is 1. The number of hydrogen-bond acceptors (Lipinski definition) is 3. The van der Waals surface area contributed by atoms with Gasteiger partial charge in [-0.05, 0) is 36.2 Å². The van der Waals surface area contributed by atoms with E-state index in [1.165, 1.54) is 12.1 Å². The van der Waals surface area contributed by atoms with E-state index in [9.17, 15) is 4.39 Å². The van der Waals surface area contributed by atoms with Crippen LogP contribution in [0.2, 0.25) is 0 Å². The second kappa shape index (κ2) is 10.9. The summed E-state index contributed by atoms with van der Waals surface area (Å²) in [5.41, 5.74) is 1.94. The third-order valence-corrected chi connectivity index (χ3v) is 3.42. The molecule has 0 atom stereocenters. The van der Waals surface area contributed by atoms with Crippen molar-refractivity contribution in [1.82, 2.24) is 15.2 Å². The Kier molecular flexibility index (Phi) is 9.18. The van der Waals surface area contributed by atoms with E-state index in [0.29, 0.717) is 25.6 Å². The third kappa shape index (κ3) is 6.85. The average Bonchev–Trinajstić information content (AvgIpc) is 2.56. The number of guanidine groups is 1. The quantitative estimate of drug-likeness (QED) is 0.410. The minimum atomic E-state index is -0.232. The monoisotopic (exact) mass is 458 g/mol. The maximum Gasteiger partial charge on any atom is 0.213 e. The lowest BCUT2D eigenvalue weighted by Crippen LogP contribution is -2.38. The number of hydrogen-bond donors (Lipinski definition) is 1. The molecule has 0 spiro atoms. The lowest BCUT2D eigenvalue weighted by molar-refractivity contribution is 0.326. The fourth-order valence-electron chi connectivity index (χ4n) is 2.34. The van der Waals surface area contributed by atoms with E-state index in [0.717, 1.165) is 17.1 Å². The lowest BCUT2D eigenvalue weighted by Gasteiger charge is -2.22. The molecule has 0 saturated heterocycles. The van der Waals surface area contributed by atoms with Crippen LogP contribution >= 0.6 is 24.0 Å². The summed E-state index contributed by atoms with van der Waals surface area (Å²) in [5, 5.41) is 3.29. The van der Waals surface area contributed by atoms with Gasteiger partial charge in [0, 0.05) is 39.4 Å². The predicted octanol–water partition coefficient (Wildman–Crippen LogP) is 3.44. The number of benzene rings is 1. The van der Waals surface area contributed by atoms with Crippen molar-refractivity contribution in [2.24, 2.45) is 4.99 Å². The molecule has 0 radical (unpaired) electrons. The number of rotatable bonds is 6. The Morgan fingerprint density at radius 1 is 1.28 bits per heavy atom. The van der Waals surface area contributed by atoms with Gasteiger partial charge in [0.1, 0.15) is 5.82 Å². The number of halogens is 2. The predicted molar refractivity (Wildman–Crippen MR) is 109 cm³/mol. The third-order valence-electron chi connectivity index (χ3n) is 3.42. The summed E-state index contributed by atoms with van der Waals surface area (Å²) in [6.45, 7) is 3.68. The molecule has 0 bridgehead atoms. The molecule has 0 aliphatic rings. The fourth-order valence-corrected chi connectivity index (χ4v) is 2.34. The summed E-state index contributed by atoms with van der Waals surface area (Å²) in [7, 11) is 3.64. The van der Waals surface area contributed by atoms with Gasteiger partial charge in [0.2, 0.25) is 5.88 Å². The molecule has 0 aliphatic heterocycles. The van der Waals surface area contributed by atoms with E-state index in [-0.39, 0.29) is 29.8 Å². The average molecular weight is 458 g/mol. The Morgan fingerprint density at radius 3 is 2.76 bits per heavy atom. The second-order valence-corrected chi connectivity index (χ2v) is 5.32. The Morgan fingerprint density at radius 2 is 2.08 bits per heavy atom. The Balaban J connectivity index is 0.00000312. The summed E-state index contributed by atoms with van der Waals surface area (Å²) in [6.07, 6.45) is 1.72. The first-order valence-electron chi connectivity index (χ1n) is 7.86. The van der Waals surface area contributed by atoms with E-state index in [1.807, 2.05) is 37.1 Å². The first-order valence-corrected chi connectivity index (χ1v) is 7.86. The minimum Gasteiger partial charge on any atom is -0.478 e. The second-order valence-electron chi connectivity index (χ2n) is 5.32. The highest BCUT2D eigenvalue weighted by atomic mass is 127. The van der Waals surface area contributed by atoms with Crippen LogP contribution in [0.25, 0.3) is 0 Å². The molecule has 0 amide bonds. The summed E-state index contributed by atoms with van der Waals surface area (Å²) in [4.78, 5) is 10.4. The Labute approximate surface area is 165 Å². The van der Waals surface area contributed by atoms with E-state index in [2.05, 4.69) is 15.3 Å². The topological polar surface area (TPSA) is 49.8 Å². The molecule has 0 saturated carbocycles. The van der Waals surface area contributed by atoms with Crippen molar-refractivity contribution in [3.05, 3.63) is 59.5 Å². The molecule has 0 fully saturated rings. The van der Waals surface area contributed by atoms with Crippen molar-refractivity contribution in [1.29, 1.82) is 0 Å². The van der Waals surface area contributed by atoms with Gasteiger partial charge in [0.05, 0.1) is 6.61 Å². The summed E-state index contributed by atoms with van der Waals surface area (Å²) in [6, 6.07) is 10.4. The smallest absolute Gasteiger partial charge is 0.213 e. The number of nitrogens with zero attached hydrogens (tertiary/aromatic N) is 3. The van der Waals surface area contributed by atoms with Crippen LogP contribution in [0.4, 0.5) is 4.39 Å². The van der Waals surface area contributed by atoms with Gasteiger partial charge in [0.15, 0.2) is 5.96 Å². The molecule has 0 aliphatic carbocycles. The first-order chi connectivity index (χ1) is 11.6. The molecule has 7 heteroatoms. The molecule has 1 N–H and O–H groups in total. The summed E-state index contributed by atoms with van der Waals surface area (Å²) in [5.74, 6) is 1.11. The van der Waals surface area contributed by atoms with Crippen molar-refractivity contribution in [2.75, 3.05) is 20.7 Å². The van der Waals surface area contributed by atoms with Crippen LogP contribution in [-0.4, -0.2) is 36.5 Å².